The van der Waals surface area contributed by atoms with Crippen molar-refractivity contribution in [3.8, 4) is 22.4 Å². The summed E-state index contributed by atoms with van der Waals surface area (Å²) in [5, 5.41) is 16.7. The van der Waals surface area contributed by atoms with Crippen LogP contribution in [0.25, 0.3) is 33.3 Å². The van der Waals surface area contributed by atoms with Crippen molar-refractivity contribution in [2.45, 2.75) is 54.1 Å². The normalized spacial score (nSPS) is 14.1. The maximum Gasteiger partial charge on any atom is 0.143 e. The Morgan fingerprint density at radius 3 is 2.32 bits per heavy atom. The number of nitrogens with zero attached hydrogens (tertiary/aromatic N) is 3. The van der Waals surface area contributed by atoms with E-state index in [1.54, 1.807) is 6.20 Å². The van der Waals surface area contributed by atoms with E-state index < -0.39 is 5.60 Å². The van der Waals surface area contributed by atoms with Crippen LogP contribution in [0.2, 0.25) is 0 Å². The van der Waals surface area contributed by atoms with E-state index in [2.05, 4.69) is 49.1 Å². The molecular weight excluding hydrogens is 386 g/mol. The second kappa shape index (κ2) is 7.27. The van der Waals surface area contributed by atoms with E-state index in [1.807, 2.05) is 46.0 Å². The fourth-order valence-electron chi connectivity index (χ4n) is 3.98. The smallest absolute Gasteiger partial charge is 0.143 e. The van der Waals surface area contributed by atoms with Gasteiger partial charge in [-0.05, 0) is 62.4 Å². The molecule has 0 aliphatic heterocycles. The van der Waals surface area contributed by atoms with Crippen LogP contribution in [0.1, 0.15) is 50.3 Å². The average molecular weight is 416 g/mol. The molecule has 4 aromatic rings. The summed E-state index contributed by atoms with van der Waals surface area (Å²) in [4.78, 5) is 9.41. The Kier molecular flexibility index (Phi) is 4.97. The van der Waals surface area contributed by atoms with Gasteiger partial charge in [-0.1, -0.05) is 38.1 Å². The summed E-state index contributed by atoms with van der Waals surface area (Å²) in [5.41, 5.74) is 5.74. The maximum atomic E-state index is 11.6. The Labute approximate surface area is 183 Å². The lowest BCUT2D eigenvalue weighted by atomic mass is 9.72. The fourth-order valence-corrected chi connectivity index (χ4v) is 3.98. The lowest BCUT2D eigenvalue weighted by Crippen LogP contribution is -2.37. The Balaban J connectivity index is 2.13. The van der Waals surface area contributed by atoms with Gasteiger partial charge < -0.3 is 9.63 Å². The molecule has 1 N–H and O–H groups in total. The highest BCUT2D eigenvalue weighted by Crippen LogP contribution is 2.44. The molecule has 5 nitrogen and oxygen atoms in total. The number of benzene rings is 1. The number of aromatic nitrogens is 3. The number of aliphatic hydroxyl groups is 1. The Bertz CT molecular complexity index is 1250. The van der Waals surface area contributed by atoms with Gasteiger partial charge in [-0.3, -0.25) is 4.98 Å². The van der Waals surface area contributed by atoms with Gasteiger partial charge in [-0.2, -0.15) is 0 Å². The zero-order valence-corrected chi connectivity index (χ0v) is 19.2. The van der Waals surface area contributed by atoms with Crippen LogP contribution in [0.5, 0.6) is 0 Å². The van der Waals surface area contributed by atoms with Crippen molar-refractivity contribution in [1.29, 1.82) is 0 Å². The summed E-state index contributed by atoms with van der Waals surface area (Å²) in [7, 11) is 0. The fraction of sp³-hybridized carbons (Fsp3) is 0.346. The molecule has 1 unspecified atom stereocenters. The molecule has 0 aliphatic carbocycles. The van der Waals surface area contributed by atoms with Gasteiger partial charge in [0.2, 0.25) is 0 Å². The molecule has 5 heteroatoms. The summed E-state index contributed by atoms with van der Waals surface area (Å²) in [6, 6.07) is 10.2. The third kappa shape index (κ3) is 3.53. The molecule has 3 heterocycles. The van der Waals surface area contributed by atoms with Crippen molar-refractivity contribution in [1.82, 2.24) is 15.1 Å². The minimum atomic E-state index is -1.05. The number of aryl methyl sites for hydroxylation is 3. The molecule has 3 aromatic heterocycles. The van der Waals surface area contributed by atoms with Gasteiger partial charge in [0.15, 0.2) is 0 Å². The maximum absolute atomic E-state index is 11.6. The minimum absolute atomic E-state index is 0.359. The first-order chi connectivity index (χ1) is 14.5. The van der Waals surface area contributed by atoms with Crippen molar-refractivity contribution in [3.05, 3.63) is 65.3 Å². The quantitative estimate of drug-likeness (QED) is 0.436. The van der Waals surface area contributed by atoms with Crippen molar-refractivity contribution in [2.24, 2.45) is 5.41 Å². The number of pyridine rings is 2. The molecule has 1 atom stereocenters. The molecule has 0 amide bonds. The number of hydrogen-bond acceptors (Lipinski definition) is 5. The molecule has 0 radical (unpaired) electrons. The highest BCUT2D eigenvalue weighted by Gasteiger charge is 2.38. The van der Waals surface area contributed by atoms with E-state index in [9.17, 15) is 5.11 Å². The van der Waals surface area contributed by atoms with E-state index in [-0.39, 0.29) is 5.41 Å². The van der Waals surface area contributed by atoms with Crippen LogP contribution in [0, 0.1) is 26.2 Å². The van der Waals surface area contributed by atoms with Crippen LogP contribution >= 0.6 is 0 Å². The SMILES string of the molecule is Cc1cc(C(C)(O)C(C)(C)C)c2cc(-c3cccnc3)c(-c3c(C)noc3C)nc2c1. The molecule has 4 rings (SSSR count). The highest BCUT2D eigenvalue weighted by atomic mass is 16.5. The van der Waals surface area contributed by atoms with Crippen LogP contribution in [0.4, 0.5) is 0 Å². The van der Waals surface area contributed by atoms with Crippen LogP contribution in [-0.2, 0) is 5.60 Å². The predicted molar refractivity (Wildman–Crippen MR) is 124 cm³/mol. The van der Waals surface area contributed by atoms with Crippen molar-refractivity contribution >= 4 is 10.9 Å². The monoisotopic (exact) mass is 415 g/mol. The number of rotatable bonds is 3. The van der Waals surface area contributed by atoms with Crippen molar-refractivity contribution in [3.63, 3.8) is 0 Å². The zero-order valence-electron chi connectivity index (χ0n) is 19.2. The molecule has 0 saturated heterocycles. The van der Waals surface area contributed by atoms with E-state index in [1.165, 1.54) is 0 Å². The van der Waals surface area contributed by atoms with E-state index >= 15 is 0 Å². The van der Waals surface area contributed by atoms with Crippen LogP contribution in [0.15, 0.2) is 47.2 Å². The summed E-state index contributed by atoms with van der Waals surface area (Å²) in [6.07, 6.45) is 3.59. The lowest BCUT2D eigenvalue weighted by Gasteiger charge is -2.38. The predicted octanol–water partition coefficient (Wildman–Crippen LogP) is 6.13. The van der Waals surface area contributed by atoms with Gasteiger partial charge in [-0.25, -0.2) is 4.98 Å². The third-order valence-corrected chi connectivity index (χ3v) is 6.31. The van der Waals surface area contributed by atoms with Crippen LogP contribution in [0.3, 0.4) is 0 Å². The van der Waals surface area contributed by atoms with Crippen molar-refractivity contribution < 1.29 is 9.63 Å². The first-order valence-electron chi connectivity index (χ1n) is 10.5. The molecule has 1 aromatic carbocycles. The first kappa shape index (κ1) is 21.2. The molecule has 0 aliphatic rings. The van der Waals surface area contributed by atoms with Gasteiger partial charge in [-0.15, -0.1) is 0 Å². The lowest BCUT2D eigenvalue weighted by molar-refractivity contribution is -0.0457. The average Bonchev–Trinajstić information content (AvgIpc) is 3.04. The van der Waals surface area contributed by atoms with Gasteiger partial charge >= 0.3 is 0 Å². The summed E-state index contributed by atoms with van der Waals surface area (Å²) < 4.78 is 5.45. The van der Waals surface area contributed by atoms with E-state index in [4.69, 9.17) is 9.51 Å². The molecule has 0 bridgehead atoms. The first-order valence-corrected chi connectivity index (χ1v) is 10.5. The molecule has 160 valence electrons. The molecular formula is C26H29N3O2. The Morgan fingerprint density at radius 1 is 1.00 bits per heavy atom. The molecule has 31 heavy (non-hydrogen) atoms. The van der Waals surface area contributed by atoms with Crippen molar-refractivity contribution in [2.75, 3.05) is 0 Å². The van der Waals surface area contributed by atoms with Gasteiger partial charge in [0.05, 0.1) is 28.1 Å². The standard InChI is InChI=1S/C26H29N3O2/c1-15-11-21(26(7,30)25(4,5)6)20-13-19(18-9-8-10-27-14-18)24(28-22(20)12-15)23-16(2)29-31-17(23)3/h8-14,30H,1-7H3. The number of hydrogen-bond donors (Lipinski definition) is 1. The third-order valence-electron chi connectivity index (χ3n) is 6.31. The van der Waals surface area contributed by atoms with E-state index in [0.29, 0.717) is 0 Å². The summed E-state index contributed by atoms with van der Waals surface area (Å²) in [6.45, 7) is 13.9. The minimum Gasteiger partial charge on any atom is -0.385 e. The van der Waals surface area contributed by atoms with Gasteiger partial charge in [0.1, 0.15) is 5.76 Å². The largest absolute Gasteiger partial charge is 0.385 e. The molecule has 0 fully saturated rings. The number of fused-ring (bicyclic) bond motifs is 1. The highest BCUT2D eigenvalue weighted by molar-refractivity contribution is 5.94. The topological polar surface area (TPSA) is 72.0 Å². The van der Waals surface area contributed by atoms with Gasteiger partial charge in [0.25, 0.3) is 0 Å². The van der Waals surface area contributed by atoms with Gasteiger partial charge in [0, 0.05) is 28.9 Å². The molecule has 0 saturated carbocycles. The van der Waals surface area contributed by atoms with Crippen LogP contribution < -0.4 is 0 Å². The van der Waals surface area contributed by atoms with Crippen LogP contribution in [-0.4, -0.2) is 20.2 Å². The van der Waals surface area contributed by atoms with E-state index in [0.717, 1.165) is 55.9 Å². The summed E-state index contributed by atoms with van der Waals surface area (Å²) >= 11 is 0. The summed E-state index contributed by atoms with van der Waals surface area (Å²) in [5.74, 6) is 0.726. The second-order valence-corrected chi connectivity index (χ2v) is 9.53. The second-order valence-electron chi connectivity index (χ2n) is 9.53. The Hall–Kier alpha value is -3.05. The Morgan fingerprint density at radius 2 is 1.74 bits per heavy atom. The zero-order chi connectivity index (χ0) is 22.6. The molecule has 0 spiro atoms.